The van der Waals surface area contributed by atoms with Crippen LogP contribution in [0.1, 0.15) is 10.4 Å². The molecular formula is C16H12N2O5. The minimum absolute atomic E-state index is 0.114. The lowest BCUT2D eigenvalue weighted by Gasteiger charge is -2.06. The molecular weight excluding hydrogens is 300 g/mol. The zero-order valence-electron chi connectivity index (χ0n) is 11.8. The maximum atomic E-state index is 12.0. The van der Waals surface area contributed by atoms with Gasteiger partial charge in [0.05, 0.1) is 4.92 Å². The summed E-state index contributed by atoms with van der Waals surface area (Å²) in [4.78, 5) is 33.3. The van der Waals surface area contributed by atoms with Crippen LogP contribution in [-0.4, -0.2) is 21.8 Å². The minimum atomic E-state index is -1.31. The Morgan fingerprint density at radius 3 is 2.17 bits per heavy atom. The van der Waals surface area contributed by atoms with Crippen molar-refractivity contribution < 1.29 is 19.6 Å². The summed E-state index contributed by atoms with van der Waals surface area (Å²) in [6.45, 7) is 0. The molecule has 0 radical (unpaired) electrons. The van der Waals surface area contributed by atoms with Crippen molar-refractivity contribution in [3.63, 3.8) is 0 Å². The van der Waals surface area contributed by atoms with E-state index in [1.54, 1.807) is 30.3 Å². The lowest BCUT2D eigenvalue weighted by molar-refractivity contribution is -0.384. The molecule has 7 nitrogen and oxygen atoms in total. The van der Waals surface area contributed by atoms with Crippen LogP contribution in [0.3, 0.4) is 0 Å². The van der Waals surface area contributed by atoms with E-state index < -0.39 is 16.7 Å². The number of non-ortho nitro benzene ring substituents is 1. The average molecular weight is 312 g/mol. The number of carbonyl (C=O) groups is 2. The van der Waals surface area contributed by atoms with Crippen LogP contribution in [0.25, 0.3) is 0 Å². The molecule has 0 spiro atoms. The van der Waals surface area contributed by atoms with Gasteiger partial charge in [-0.15, -0.1) is 0 Å². The summed E-state index contributed by atoms with van der Waals surface area (Å²) in [5.74, 6) is -1.77. The largest absolute Gasteiger partial charge is 0.477 e. The van der Waals surface area contributed by atoms with Crippen LogP contribution in [0.15, 0.2) is 66.4 Å². The van der Waals surface area contributed by atoms with E-state index in [1.165, 1.54) is 24.3 Å². The van der Waals surface area contributed by atoms with Crippen LogP contribution < -0.4 is 5.32 Å². The summed E-state index contributed by atoms with van der Waals surface area (Å²) >= 11 is 0. The van der Waals surface area contributed by atoms with Crippen molar-refractivity contribution in [3.8, 4) is 0 Å². The van der Waals surface area contributed by atoms with Gasteiger partial charge in [-0.2, -0.15) is 0 Å². The number of aliphatic carboxylic acids is 1. The maximum Gasteiger partial charge on any atom is 0.352 e. The van der Waals surface area contributed by atoms with Gasteiger partial charge in [0.1, 0.15) is 5.70 Å². The molecule has 0 bridgehead atoms. The van der Waals surface area contributed by atoms with Gasteiger partial charge in [0.2, 0.25) is 0 Å². The predicted molar refractivity (Wildman–Crippen MR) is 83.2 cm³/mol. The number of nitro groups is 1. The molecule has 2 N–H and O–H groups in total. The highest BCUT2D eigenvalue weighted by Crippen LogP contribution is 2.17. The molecule has 0 saturated heterocycles. The molecule has 2 aromatic carbocycles. The monoisotopic (exact) mass is 312 g/mol. The van der Waals surface area contributed by atoms with Gasteiger partial charge in [-0.05, 0) is 12.1 Å². The number of carboxylic acids is 1. The number of carbonyl (C=O) groups excluding carboxylic acids is 1. The Morgan fingerprint density at radius 1 is 1.04 bits per heavy atom. The van der Waals surface area contributed by atoms with Gasteiger partial charge in [0, 0.05) is 29.5 Å². The minimum Gasteiger partial charge on any atom is -0.477 e. The molecule has 0 atom stereocenters. The number of rotatable bonds is 6. The van der Waals surface area contributed by atoms with Crippen LogP contribution in [0, 0.1) is 10.1 Å². The fraction of sp³-hybridized carbons (Fsp3) is 0. The number of hydrogen-bond donors (Lipinski definition) is 2. The number of nitrogens with one attached hydrogen (secondary N) is 1. The molecule has 0 saturated carbocycles. The number of ketones is 1. The molecule has 116 valence electrons. The Kier molecular flexibility index (Phi) is 4.83. The number of benzene rings is 2. The fourth-order valence-electron chi connectivity index (χ4n) is 1.79. The smallest absolute Gasteiger partial charge is 0.352 e. The molecule has 2 aromatic rings. The summed E-state index contributed by atoms with van der Waals surface area (Å²) in [5, 5.41) is 22.3. The number of hydrogen-bond acceptors (Lipinski definition) is 5. The van der Waals surface area contributed by atoms with E-state index in [2.05, 4.69) is 5.32 Å². The first-order valence-electron chi connectivity index (χ1n) is 6.53. The molecule has 0 unspecified atom stereocenters. The van der Waals surface area contributed by atoms with Crippen molar-refractivity contribution in [2.45, 2.75) is 0 Å². The molecule has 7 heteroatoms. The molecule has 23 heavy (non-hydrogen) atoms. The molecule has 0 aromatic heterocycles. The van der Waals surface area contributed by atoms with Gasteiger partial charge in [0.15, 0.2) is 5.78 Å². The quantitative estimate of drug-likeness (QED) is 0.367. The first-order valence-corrected chi connectivity index (χ1v) is 6.53. The lowest BCUT2D eigenvalue weighted by Crippen LogP contribution is -2.13. The molecule has 0 heterocycles. The van der Waals surface area contributed by atoms with Crippen LogP contribution >= 0.6 is 0 Å². The number of anilines is 1. The van der Waals surface area contributed by atoms with E-state index in [0.29, 0.717) is 11.3 Å². The number of nitro benzene ring substituents is 1. The Balaban J connectivity index is 2.22. The molecule has 2 rings (SSSR count). The van der Waals surface area contributed by atoms with Crippen LogP contribution in [0.2, 0.25) is 0 Å². The van der Waals surface area contributed by atoms with Gasteiger partial charge >= 0.3 is 5.97 Å². The lowest BCUT2D eigenvalue weighted by atomic mass is 10.1. The van der Waals surface area contributed by atoms with Crippen molar-refractivity contribution in [1.29, 1.82) is 0 Å². The van der Waals surface area contributed by atoms with Crippen molar-refractivity contribution in [1.82, 2.24) is 0 Å². The third-order valence-electron chi connectivity index (χ3n) is 2.92. The van der Waals surface area contributed by atoms with E-state index in [4.69, 9.17) is 0 Å². The normalized spacial score (nSPS) is 10.9. The summed E-state index contributed by atoms with van der Waals surface area (Å²) in [5.41, 5.74) is 0.242. The predicted octanol–water partition coefficient (Wildman–Crippen LogP) is 2.86. The Morgan fingerprint density at radius 2 is 1.65 bits per heavy atom. The second kappa shape index (κ2) is 6.99. The van der Waals surface area contributed by atoms with Gasteiger partial charge in [-0.25, -0.2) is 4.79 Å². The van der Waals surface area contributed by atoms with Crippen LogP contribution in [0.4, 0.5) is 11.4 Å². The Labute approximate surface area is 131 Å². The van der Waals surface area contributed by atoms with E-state index in [1.807, 2.05) is 0 Å². The van der Waals surface area contributed by atoms with Gasteiger partial charge in [0.25, 0.3) is 5.69 Å². The Bertz CT molecular complexity index is 767. The standard InChI is InChI=1S/C16H12N2O5/c19-15(11-4-2-1-3-5-11)10-14(16(20)21)17-12-6-8-13(9-7-12)18(22)23/h1-10,17H,(H,20,21)/b14-10-. The third kappa shape index (κ3) is 4.24. The second-order valence-corrected chi connectivity index (χ2v) is 4.52. The number of carboxylic acid groups (broad SMARTS) is 1. The topological polar surface area (TPSA) is 110 Å². The van der Waals surface area contributed by atoms with E-state index in [9.17, 15) is 24.8 Å². The van der Waals surface area contributed by atoms with Crippen LogP contribution in [-0.2, 0) is 4.79 Å². The third-order valence-corrected chi connectivity index (χ3v) is 2.92. The van der Waals surface area contributed by atoms with Crippen molar-refractivity contribution in [3.05, 3.63) is 82.0 Å². The second-order valence-electron chi connectivity index (χ2n) is 4.52. The van der Waals surface area contributed by atoms with E-state index >= 15 is 0 Å². The highest BCUT2D eigenvalue weighted by molar-refractivity contribution is 6.09. The molecule has 0 aliphatic carbocycles. The average Bonchev–Trinajstić information content (AvgIpc) is 2.55. The number of nitrogens with zero attached hydrogens (tertiary/aromatic N) is 1. The summed E-state index contributed by atoms with van der Waals surface area (Å²) < 4.78 is 0. The number of allylic oxidation sites excluding steroid dienone is 1. The first-order chi connectivity index (χ1) is 11.0. The zero-order valence-corrected chi connectivity index (χ0v) is 11.8. The molecule has 0 amide bonds. The van der Waals surface area contributed by atoms with Crippen LogP contribution in [0.5, 0.6) is 0 Å². The highest BCUT2D eigenvalue weighted by Gasteiger charge is 2.12. The fourth-order valence-corrected chi connectivity index (χ4v) is 1.79. The highest BCUT2D eigenvalue weighted by atomic mass is 16.6. The molecule has 0 fully saturated rings. The summed E-state index contributed by atoms with van der Waals surface area (Å²) in [6, 6.07) is 13.4. The molecule has 0 aliphatic rings. The SMILES string of the molecule is O=C(O)/C(=C/C(=O)c1ccccc1)Nc1ccc([N+](=O)[O-])cc1. The van der Waals surface area contributed by atoms with Crippen molar-refractivity contribution >= 4 is 23.1 Å². The maximum absolute atomic E-state index is 12.0. The van der Waals surface area contributed by atoms with Crippen molar-refractivity contribution in [2.75, 3.05) is 5.32 Å². The van der Waals surface area contributed by atoms with Gasteiger partial charge in [-0.3, -0.25) is 14.9 Å². The summed E-state index contributed by atoms with van der Waals surface area (Å²) in [6.07, 6.45) is 0.971. The summed E-state index contributed by atoms with van der Waals surface area (Å²) in [7, 11) is 0. The van der Waals surface area contributed by atoms with Gasteiger partial charge in [-0.1, -0.05) is 30.3 Å². The Hall–Kier alpha value is -3.48. The molecule has 0 aliphatic heterocycles. The zero-order chi connectivity index (χ0) is 16.8. The first kappa shape index (κ1) is 15.9. The van der Waals surface area contributed by atoms with Gasteiger partial charge < -0.3 is 10.4 Å². The van der Waals surface area contributed by atoms with Crippen molar-refractivity contribution in [2.24, 2.45) is 0 Å². The van der Waals surface area contributed by atoms with E-state index in [0.717, 1.165) is 6.08 Å². The van der Waals surface area contributed by atoms with E-state index in [-0.39, 0.29) is 11.4 Å².